The Kier molecular flexibility index (Phi) is 3.97. The number of benzene rings is 1. The smallest absolute Gasteiger partial charge is 0.307 e. The summed E-state index contributed by atoms with van der Waals surface area (Å²) in [6.07, 6.45) is 0.555. The second kappa shape index (κ2) is 5.68. The summed E-state index contributed by atoms with van der Waals surface area (Å²) in [5.41, 5.74) is 7.00. The summed E-state index contributed by atoms with van der Waals surface area (Å²) in [5, 5.41) is 2.84. The number of nitrogen functional groups attached to an aromatic ring is 1. The highest BCUT2D eigenvalue weighted by Gasteiger charge is 2.25. The van der Waals surface area contributed by atoms with Gasteiger partial charge in [-0.1, -0.05) is 0 Å². The highest BCUT2D eigenvalue weighted by Crippen LogP contribution is 2.35. The SMILES string of the molecule is COC(=O)CCN1CCC(=O)c2cc(N)c(N=O)cc21. The number of methoxy groups -OCH3 is 1. The van der Waals surface area contributed by atoms with Crippen LogP contribution < -0.4 is 10.6 Å². The number of ether oxygens (including phenoxy) is 1. The average Bonchev–Trinajstić information content (AvgIpc) is 2.46. The molecule has 1 heterocycles. The van der Waals surface area contributed by atoms with E-state index < -0.39 is 0 Å². The summed E-state index contributed by atoms with van der Waals surface area (Å²) < 4.78 is 4.59. The van der Waals surface area contributed by atoms with Gasteiger partial charge in [0.2, 0.25) is 0 Å². The van der Waals surface area contributed by atoms with Gasteiger partial charge in [0.15, 0.2) is 5.78 Å². The van der Waals surface area contributed by atoms with E-state index in [1.54, 1.807) is 0 Å². The van der Waals surface area contributed by atoms with Gasteiger partial charge in [0.05, 0.1) is 24.9 Å². The number of nitroso groups, excluding NO2 is 1. The lowest BCUT2D eigenvalue weighted by atomic mass is 9.98. The average molecular weight is 277 g/mol. The minimum absolute atomic E-state index is 0.0292. The van der Waals surface area contributed by atoms with Crippen LogP contribution in [0.5, 0.6) is 0 Å². The van der Waals surface area contributed by atoms with Crippen molar-refractivity contribution in [2.75, 3.05) is 30.8 Å². The molecule has 106 valence electrons. The van der Waals surface area contributed by atoms with Crippen molar-refractivity contribution in [3.05, 3.63) is 22.6 Å². The summed E-state index contributed by atoms with van der Waals surface area (Å²) in [6, 6.07) is 2.96. The zero-order chi connectivity index (χ0) is 14.7. The normalized spacial score (nSPS) is 13.8. The van der Waals surface area contributed by atoms with Crippen LogP contribution in [0.25, 0.3) is 0 Å². The van der Waals surface area contributed by atoms with Crippen LogP contribution >= 0.6 is 0 Å². The zero-order valence-corrected chi connectivity index (χ0v) is 11.1. The topological polar surface area (TPSA) is 102 Å². The molecule has 0 saturated heterocycles. The number of fused-ring (bicyclic) bond motifs is 1. The molecule has 0 atom stereocenters. The van der Waals surface area contributed by atoms with E-state index in [1.165, 1.54) is 19.2 Å². The standard InChI is InChI=1S/C13H15N3O4/c1-20-13(18)3-5-16-4-2-12(17)8-6-9(14)10(15-19)7-11(8)16/h6-7H,2-5,14H2,1H3. The number of ketones is 1. The summed E-state index contributed by atoms with van der Waals surface area (Å²) in [7, 11) is 1.32. The van der Waals surface area contributed by atoms with E-state index in [-0.39, 0.29) is 29.5 Å². The molecule has 1 aliphatic rings. The Morgan fingerprint density at radius 3 is 2.90 bits per heavy atom. The number of anilines is 2. The highest BCUT2D eigenvalue weighted by molar-refractivity contribution is 6.05. The second-order valence-corrected chi connectivity index (χ2v) is 4.51. The largest absolute Gasteiger partial charge is 0.469 e. The van der Waals surface area contributed by atoms with Crippen LogP contribution in [0.4, 0.5) is 17.1 Å². The Balaban J connectivity index is 2.32. The van der Waals surface area contributed by atoms with Crippen LogP contribution in [-0.2, 0) is 9.53 Å². The number of hydrogen-bond donors (Lipinski definition) is 1. The molecule has 2 rings (SSSR count). The van der Waals surface area contributed by atoms with Gasteiger partial charge in [-0.05, 0) is 17.3 Å². The molecule has 1 aromatic rings. The molecule has 2 N–H and O–H groups in total. The van der Waals surface area contributed by atoms with Crippen LogP contribution in [0.3, 0.4) is 0 Å². The quantitative estimate of drug-likeness (QED) is 0.509. The van der Waals surface area contributed by atoms with E-state index in [0.717, 1.165) is 0 Å². The van der Waals surface area contributed by atoms with Crippen molar-refractivity contribution in [3.63, 3.8) is 0 Å². The van der Waals surface area contributed by atoms with Gasteiger partial charge in [-0.15, -0.1) is 4.91 Å². The first-order chi connectivity index (χ1) is 9.56. The van der Waals surface area contributed by atoms with Crippen molar-refractivity contribution in [2.45, 2.75) is 12.8 Å². The van der Waals surface area contributed by atoms with Crippen LogP contribution in [0.2, 0.25) is 0 Å². The molecule has 0 radical (unpaired) electrons. The van der Waals surface area contributed by atoms with Crippen LogP contribution in [0.15, 0.2) is 17.3 Å². The Labute approximate surface area is 115 Å². The molecule has 0 amide bonds. The molecule has 0 spiro atoms. The van der Waals surface area contributed by atoms with Crippen molar-refractivity contribution < 1.29 is 14.3 Å². The minimum Gasteiger partial charge on any atom is -0.469 e. The van der Waals surface area contributed by atoms with Crippen molar-refractivity contribution in [1.29, 1.82) is 0 Å². The van der Waals surface area contributed by atoms with Crippen molar-refractivity contribution in [3.8, 4) is 0 Å². The fourth-order valence-corrected chi connectivity index (χ4v) is 2.21. The van der Waals surface area contributed by atoms with Crippen LogP contribution in [0.1, 0.15) is 23.2 Å². The van der Waals surface area contributed by atoms with Gasteiger partial charge in [-0.25, -0.2) is 0 Å². The fourth-order valence-electron chi connectivity index (χ4n) is 2.21. The lowest BCUT2D eigenvalue weighted by Crippen LogP contribution is -2.34. The van der Waals surface area contributed by atoms with E-state index in [0.29, 0.717) is 30.8 Å². The van der Waals surface area contributed by atoms with E-state index >= 15 is 0 Å². The van der Waals surface area contributed by atoms with Gasteiger partial charge in [-0.3, -0.25) is 9.59 Å². The molecule has 7 heteroatoms. The maximum absolute atomic E-state index is 11.9. The predicted molar refractivity (Wildman–Crippen MR) is 74.1 cm³/mol. The first-order valence-corrected chi connectivity index (χ1v) is 6.18. The third kappa shape index (κ3) is 2.61. The summed E-state index contributed by atoms with van der Waals surface area (Å²) >= 11 is 0. The van der Waals surface area contributed by atoms with Gasteiger partial charge >= 0.3 is 5.97 Å². The molecule has 0 fully saturated rings. The van der Waals surface area contributed by atoms with E-state index in [2.05, 4.69) is 9.91 Å². The molecule has 0 aliphatic carbocycles. The Bertz CT molecular complexity index is 571. The summed E-state index contributed by atoms with van der Waals surface area (Å²) in [6.45, 7) is 0.903. The number of nitrogens with zero attached hydrogens (tertiary/aromatic N) is 2. The maximum atomic E-state index is 11.9. The van der Waals surface area contributed by atoms with Crippen molar-refractivity contribution in [2.24, 2.45) is 5.18 Å². The lowest BCUT2D eigenvalue weighted by molar-refractivity contribution is -0.140. The number of carbonyl (C=O) groups is 2. The van der Waals surface area contributed by atoms with Crippen molar-refractivity contribution in [1.82, 2.24) is 0 Å². The number of carbonyl (C=O) groups excluding carboxylic acids is 2. The lowest BCUT2D eigenvalue weighted by Gasteiger charge is -2.30. The number of esters is 1. The summed E-state index contributed by atoms with van der Waals surface area (Å²) in [4.78, 5) is 35.7. The Hall–Kier alpha value is -2.44. The van der Waals surface area contributed by atoms with Gasteiger partial charge in [0.25, 0.3) is 0 Å². The minimum atomic E-state index is -0.326. The fraction of sp³-hybridized carbons (Fsp3) is 0.385. The molecular weight excluding hydrogens is 262 g/mol. The third-order valence-corrected chi connectivity index (χ3v) is 3.31. The molecule has 0 aromatic heterocycles. The molecule has 20 heavy (non-hydrogen) atoms. The summed E-state index contributed by atoms with van der Waals surface area (Å²) in [5.74, 6) is -0.355. The molecule has 0 saturated carbocycles. The number of hydrogen-bond acceptors (Lipinski definition) is 7. The van der Waals surface area contributed by atoms with Gasteiger partial charge in [0, 0.05) is 25.1 Å². The third-order valence-electron chi connectivity index (χ3n) is 3.31. The predicted octanol–water partition coefficient (Wildman–Crippen LogP) is 1.62. The Morgan fingerprint density at radius 1 is 1.50 bits per heavy atom. The first kappa shape index (κ1) is 14.0. The van der Waals surface area contributed by atoms with E-state index in [9.17, 15) is 14.5 Å². The van der Waals surface area contributed by atoms with Crippen molar-refractivity contribution >= 4 is 28.8 Å². The molecule has 1 aliphatic heterocycles. The van der Waals surface area contributed by atoms with Gasteiger partial charge in [-0.2, -0.15) is 0 Å². The number of nitrogens with two attached hydrogens (primary N) is 1. The first-order valence-electron chi connectivity index (χ1n) is 6.18. The van der Waals surface area contributed by atoms with E-state index in [1.807, 2.05) is 4.90 Å². The number of Topliss-reactive ketones (excluding diaryl/α,β-unsaturated/α-hetero) is 1. The molecule has 0 bridgehead atoms. The van der Waals surface area contributed by atoms with E-state index in [4.69, 9.17) is 5.73 Å². The Morgan fingerprint density at radius 2 is 2.25 bits per heavy atom. The second-order valence-electron chi connectivity index (χ2n) is 4.51. The van der Waals surface area contributed by atoms with Gasteiger partial charge in [0.1, 0.15) is 5.69 Å². The maximum Gasteiger partial charge on any atom is 0.307 e. The zero-order valence-electron chi connectivity index (χ0n) is 11.1. The molecule has 0 unspecified atom stereocenters. The van der Waals surface area contributed by atoms with Crippen LogP contribution in [-0.4, -0.2) is 32.0 Å². The van der Waals surface area contributed by atoms with Crippen LogP contribution in [0, 0.1) is 4.91 Å². The molecular formula is C13H15N3O4. The highest BCUT2D eigenvalue weighted by atomic mass is 16.5. The van der Waals surface area contributed by atoms with Gasteiger partial charge < -0.3 is 15.4 Å². The molecule has 1 aromatic carbocycles. The number of rotatable bonds is 4. The molecule has 7 nitrogen and oxygen atoms in total. The monoisotopic (exact) mass is 277 g/mol.